The van der Waals surface area contributed by atoms with Crippen molar-refractivity contribution in [3.8, 4) is 0 Å². The third-order valence-corrected chi connectivity index (χ3v) is 5.04. The third-order valence-electron chi connectivity index (χ3n) is 4.35. The van der Waals surface area contributed by atoms with E-state index in [9.17, 15) is 10.1 Å². The first-order chi connectivity index (χ1) is 11.6. The van der Waals surface area contributed by atoms with Crippen LogP contribution >= 0.6 is 15.9 Å². The number of para-hydroxylation sites is 1. The summed E-state index contributed by atoms with van der Waals surface area (Å²) in [6.07, 6.45) is 2.13. The average molecular weight is 390 g/mol. The Hall–Kier alpha value is -1.92. The number of hydrogen-bond acceptors (Lipinski definition) is 4. The second-order valence-electron chi connectivity index (χ2n) is 6.10. The summed E-state index contributed by atoms with van der Waals surface area (Å²) in [5.41, 5.74) is 2.30. The van der Waals surface area contributed by atoms with Gasteiger partial charge in [0.1, 0.15) is 0 Å². The van der Waals surface area contributed by atoms with E-state index in [0.29, 0.717) is 6.04 Å². The van der Waals surface area contributed by atoms with Crippen LogP contribution in [0.15, 0.2) is 53.0 Å². The lowest BCUT2D eigenvalue weighted by Crippen LogP contribution is -2.38. The molecule has 24 heavy (non-hydrogen) atoms. The van der Waals surface area contributed by atoms with E-state index < -0.39 is 0 Å². The number of likely N-dealkylation sites (tertiary alicyclic amines) is 1. The maximum absolute atomic E-state index is 10.9. The molecule has 2 aromatic carbocycles. The summed E-state index contributed by atoms with van der Waals surface area (Å²) in [5, 5.41) is 14.5. The molecule has 0 saturated carbocycles. The summed E-state index contributed by atoms with van der Waals surface area (Å²) >= 11 is 3.57. The molecule has 1 heterocycles. The van der Waals surface area contributed by atoms with Gasteiger partial charge < -0.3 is 5.32 Å². The van der Waals surface area contributed by atoms with Crippen LogP contribution < -0.4 is 5.32 Å². The smallest absolute Gasteiger partial charge is 0.269 e. The second-order valence-corrected chi connectivity index (χ2v) is 6.96. The highest BCUT2D eigenvalue weighted by Crippen LogP contribution is 2.25. The first-order valence-electron chi connectivity index (χ1n) is 8.08. The number of non-ortho nitro benzene ring substituents is 1. The predicted molar refractivity (Wildman–Crippen MR) is 99.2 cm³/mol. The van der Waals surface area contributed by atoms with Crippen molar-refractivity contribution >= 4 is 27.3 Å². The molecule has 1 N–H and O–H groups in total. The number of benzene rings is 2. The van der Waals surface area contributed by atoms with Crippen molar-refractivity contribution in [2.45, 2.75) is 25.4 Å². The normalized spacial score (nSPS) is 16.0. The minimum absolute atomic E-state index is 0.165. The van der Waals surface area contributed by atoms with E-state index in [1.54, 1.807) is 12.1 Å². The van der Waals surface area contributed by atoms with Gasteiger partial charge in [-0.15, -0.1) is 0 Å². The van der Waals surface area contributed by atoms with Crippen molar-refractivity contribution in [1.82, 2.24) is 4.90 Å². The quantitative estimate of drug-likeness (QED) is 0.606. The monoisotopic (exact) mass is 389 g/mol. The van der Waals surface area contributed by atoms with E-state index in [4.69, 9.17) is 0 Å². The Bertz CT molecular complexity index is 715. The van der Waals surface area contributed by atoms with Crippen LogP contribution in [0, 0.1) is 10.1 Å². The third kappa shape index (κ3) is 4.33. The molecule has 5 nitrogen and oxygen atoms in total. The molecular formula is C18H20BrN3O2. The van der Waals surface area contributed by atoms with Crippen LogP contribution in [0.2, 0.25) is 0 Å². The van der Waals surface area contributed by atoms with Crippen LogP contribution in [-0.2, 0) is 6.54 Å². The first kappa shape index (κ1) is 16.9. The Morgan fingerprint density at radius 3 is 2.62 bits per heavy atom. The first-order valence-corrected chi connectivity index (χ1v) is 8.88. The molecule has 0 spiro atoms. The average Bonchev–Trinajstić information content (AvgIpc) is 2.59. The number of rotatable bonds is 5. The largest absolute Gasteiger partial charge is 0.381 e. The maximum Gasteiger partial charge on any atom is 0.269 e. The molecule has 0 amide bonds. The van der Waals surface area contributed by atoms with Crippen molar-refractivity contribution in [3.63, 3.8) is 0 Å². The highest BCUT2D eigenvalue weighted by Gasteiger charge is 2.20. The fraction of sp³-hybridized carbons (Fsp3) is 0.333. The molecule has 1 aliphatic heterocycles. The molecule has 0 unspecified atom stereocenters. The topological polar surface area (TPSA) is 58.4 Å². The van der Waals surface area contributed by atoms with Gasteiger partial charge in [0.25, 0.3) is 5.69 Å². The SMILES string of the molecule is O=[N+]([O-])c1cccc(CN2CCC(Nc3ccccc3Br)CC2)c1. The van der Waals surface area contributed by atoms with Gasteiger partial charge in [0, 0.05) is 48.0 Å². The number of nitrogens with one attached hydrogen (secondary N) is 1. The Kier molecular flexibility index (Phi) is 5.48. The van der Waals surface area contributed by atoms with Crippen molar-refractivity contribution in [1.29, 1.82) is 0 Å². The lowest BCUT2D eigenvalue weighted by atomic mass is 10.0. The van der Waals surface area contributed by atoms with Gasteiger partial charge >= 0.3 is 0 Å². The molecular weight excluding hydrogens is 370 g/mol. The fourth-order valence-electron chi connectivity index (χ4n) is 3.06. The number of nitro groups is 1. The predicted octanol–water partition coefficient (Wildman–Crippen LogP) is 4.43. The number of halogens is 1. The minimum Gasteiger partial charge on any atom is -0.381 e. The van der Waals surface area contributed by atoms with Gasteiger partial charge in [0.05, 0.1) is 4.92 Å². The summed E-state index contributed by atoms with van der Waals surface area (Å²) in [6.45, 7) is 2.75. The van der Waals surface area contributed by atoms with Crippen LogP contribution in [-0.4, -0.2) is 29.0 Å². The Labute approximate surface area is 150 Å². The molecule has 6 heteroatoms. The highest BCUT2D eigenvalue weighted by atomic mass is 79.9. The van der Waals surface area contributed by atoms with Gasteiger partial charge in [-0.05, 0) is 46.5 Å². The van der Waals surface area contributed by atoms with Crippen LogP contribution in [0.4, 0.5) is 11.4 Å². The molecule has 126 valence electrons. The van der Waals surface area contributed by atoms with E-state index in [-0.39, 0.29) is 10.6 Å². The highest BCUT2D eigenvalue weighted by molar-refractivity contribution is 9.10. The molecule has 1 fully saturated rings. The van der Waals surface area contributed by atoms with Gasteiger partial charge in [0.15, 0.2) is 0 Å². The molecule has 2 aromatic rings. The van der Waals surface area contributed by atoms with Crippen molar-refractivity contribution in [2.75, 3.05) is 18.4 Å². The van der Waals surface area contributed by atoms with E-state index in [2.05, 4.69) is 32.2 Å². The van der Waals surface area contributed by atoms with E-state index in [1.807, 2.05) is 24.3 Å². The van der Waals surface area contributed by atoms with Gasteiger partial charge in [-0.1, -0.05) is 24.3 Å². The zero-order chi connectivity index (χ0) is 16.9. The molecule has 1 saturated heterocycles. The summed E-state index contributed by atoms with van der Waals surface area (Å²) in [5.74, 6) is 0. The van der Waals surface area contributed by atoms with E-state index in [0.717, 1.165) is 48.2 Å². The van der Waals surface area contributed by atoms with Crippen molar-refractivity contribution in [3.05, 3.63) is 68.7 Å². The van der Waals surface area contributed by atoms with Crippen LogP contribution in [0.25, 0.3) is 0 Å². The maximum atomic E-state index is 10.9. The number of nitro benzene ring substituents is 1. The zero-order valence-corrected chi connectivity index (χ0v) is 14.9. The van der Waals surface area contributed by atoms with Crippen LogP contribution in [0.3, 0.4) is 0 Å². The lowest BCUT2D eigenvalue weighted by Gasteiger charge is -2.33. The molecule has 1 aliphatic rings. The molecule has 0 aliphatic carbocycles. The van der Waals surface area contributed by atoms with Gasteiger partial charge in [-0.3, -0.25) is 15.0 Å². The number of piperidine rings is 1. The van der Waals surface area contributed by atoms with E-state index in [1.165, 1.54) is 6.07 Å². The lowest BCUT2D eigenvalue weighted by molar-refractivity contribution is -0.384. The number of hydrogen-bond donors (Lipinski definition) is 1. The number of anilines is 1. The van der Waals surface area contributed by atoms with E-state index >= 15 is 0 Å². The van der Waals surface area contributed by atoms with Crippen LogP contribution in [0.1, 0.15) is 18.4 Å². The van der Waals surface area contributed by atoms with Gasteiger partial charge in [0.2, 0.25) is 0 Å². The Morgan fingerprint density at radius 1 is 1.17 bits per heavy atom. The summed E-state index contributed by atoms with van der Waals surface area (Å²) in [6, 6.07) is 15.6. The van der Waals surface area contributed by atoms with Crippen molar-refractivity contribution < 1.29 is 4.92 Å². The van der Waals surface area contributed by atoms with Gasteiger partial charge in [-0.25, -0.2) is 0 Å². The number of nitrogens with zero attached hydrogens (tertiary/aromatic N) is 2. The summed E-state index contributed by atoms with van der Waals surface area (Å²) < 4.78 is 1.09. The summed E-state index contributed by atoms with van der Waals surface area (Å²) in [4.78, 5) is 12.9. The van der Waals surface area contributed by atoms with Crippen LogP contribution in [0.5, 0.6) is 0 Å². The standard InChI is InChI=1S/C18H20BrN3O2/c19-17-6-1-2-7-18(17)20-15-8-10-21(11-9-15)13-14-4-3-5-16(12-14)22(23)24/h1-7,12,15,20H,8-11,13H2. The fourth-order valence-corrected chi connectivity index (χ4v) is 3.46. The zero-order valence-electron chi connectivity index (χ0n) is 13.3. The molecule has 3 rings (SSSR count). The Morgan fingerprint density at radius 2 is 1.92 bits per heavy atom. The molecule has 0 aromatic heterocycles. The minimum atomic E-state index is -0.336. The molecule has 0 atom stereocenters. The molecule has 0 bridgehead atoms. The van der Waals surface area contributed by atoms with Gasteiger partial charge in [-0.2, -0.15) is 0 Å². The molecule has 0 radical (unpaired) electrons. The summed E-state index contributed by atoms with van der Waals surface area (Å²) in [7, 11) is 0. The Balaban J connectivity index is 1.53. The second kappa shape index (κ2) is 7.77. The van der Waals surface area contributed by atoms with Crippen molar-refractivity contribution in [2.24, 2.45) is 0 Å².